The molecule has 0 aliphatic heterocycles. The van der Waals surface area contributed by atoms with Crippen molar-refractivity contribution >= 4 is 40.6 Å². The van der Waals surface area contributed by atoms with Gasteiger partial charge >= 0.3 is 11.9 Å². The molecule has 0 spiro atoms. The molecule has 13 heteroatoms. The summed E-state index contributed by atoms with van der Waals surface area (Å²) in [5, 5.41) is 35.8. The number of benzene rings is 1. The van der Waals surface area contributed by atoms with E-state index in [9.17, 15) is 29.1 Å². The number of amides is 3. The van der Waals surface area contributed by atoms with Crippen molar-refractivity contribution in [1.82, 2.24) is 20.9 Å². The van der Waals surface area contributed by atoms with Crippen LogP contribution in [0.3, 0.4) is 0 Å². The summed E-state index contributed by atoms with van der Waals surface area (Å²) in [6.45, 7) is 2.57. The minimum absolute atomic E-state index is 0.0137. The average molecular weight is 520 g/mol. The molecule has 4 atom stereocenters. The molecule has 1 heterocycles. The highest BCUT2D eigenvalue weighted by molar-refractivity contribution is 5.94. The van der Waals surface area contributed by atoms with Crippen molar-refractivity contribution in [3.63, 3.8) is 0 Å². The summed E-state index contributed by atoms with van der Waals surface area (Å²) in [5.74, 6) is -5.44. The molecular weight excluding hydrogens is 486 g/mol. The molecule has 0 saturated carbocycles. The fourth-order valence-electron chi connectivity index (χ4n) is 3.67. The van der Waals surface area contributed by atoms with Crippen molar-refractivity contribution in [2.24, 2.45) is 11.7 Å². The van der Waals surface area contributed by atoms with E-state index >= 15 is 0 Å². The Kier molecular flexibility index (Phi) is 10.6. The molecule has 0 saturated heterocycles. The molecule has 13 nitrogen and oxygen atoms in total. The van der Waals surface area contributed by atoms with Crippen LogP contribution in [0.5, 0.6) is 0 Å². The lowest BCUT2D eigenvalue weighted by molar-refractivity contribution is -0.142. The minimum Gasteiger partial charge on any atom is -0.481 e. The Labute approximate surface area is 212 Å². The van der Waals surface area contributed by atoms with Crippen LogP contribution in [-0.2, 0) is 30.4 Å². The van der Waals surface area contributed by atoms with Gasteiger partial charge in [-0.25, -0.2) is 4.79 Å². The first-order chi connectivity index (χ1) is 17.4. The second-order valence-corrected chi connectivity index (χ2v) is 8.98. The van der Waals surface area contributed by atoms with E-state index < -0.39 is 72.8 Å². The topological polar surface area (TPSA) is 224 Å². The molecule has 0 radical (unpaired) electrons. The van der Waals surface area contributed by atoms with E-state index in [1.54, 1.807) is 20.0 Å². The van der Waals surface area contributed by atoms with Crippen LogP contribution in [0, 0.1) is 5.92 Å². The molecule has 3 amide bonds. The third-order valence-corrected chi connectivity index (χ3v) is 5.77. The molecule has 2 rings (SSSR count). The monoisotopic (exact) mass is 519 g/mol. The Morgan fingerprint density at radius 3 is 2.19 bits per heavy atom. The zero-order chi connectivity index (χ0) is 27.7. The molecule has 0 bridgehead atoms. The summed E-state index contributed by atoms with van der Waals surface area (Å²) in [6, 6.07) is 2.15. The van der Waals surface area contributed by atoms with Crippen LogP contribution in [0.1, 0.15) is 32.3 Å². The van der Waals surface area contributed by atoms with Crippen molar-refractivity contribution in [1.29, 1.82) is 0 Å². The number of para-hydroxylation sites is 1. The predicted molar refractivity (Wildman–Crippen MR) is 132 cm³/mol. The number of carbonyl (C=O) groups is 5. The Balaban J connectivity index is 2.16. The number of carboxylic acid groups (broad SMARTS) is 2. The molecule has 9 N–H and O–H groups in total. The van der Waals surface area contributed by atoms with Gasteiger partial charge in [0, 0.05) is 29.9 Å². The lowest BCUT2D eigenvalue weighted by Gasteiger charge is -2.27. The van der Waals surface area contributed by atoms with E-state index in [0.29, 0.717) is 5.56 Å². The SMILES string of the molecule is CC(C)C(NC(=O)C(CCC(=O)O)NC(=O)C(N)CO)C(=O)NC(Cc1c[nH]c2ccccc12)C(=O)O. The van der Waals surface area contributed by atoms with Gasteiger partial charge in [0.2, 0.25) is 17.7 Å². The number of rotatable bonds is 14. The zero-order valence-electron chi connectivity index (χ0n) is 20.6. The molecule has 4 unspecified atom stereocenters. The quantitative estimate of drug-likeness (QED) is 0.154. The molecule has 1 aromatic carbocycles. The van der Waals surface area contributed by atoms with Crippen LogP contribution in [0.4, 0.5) is 0 Å². The number of aromatic nitrogens is 1. The van der Waals surface area contributed by atoms with Gasteiger partial charge in [-0.2, -0.15) is 0 Å². The number of nitrogens with one attached hydrogen (secondary N) is 4. The van der Waals surface area contributed by atoms with Crippen molar-refractivity contribution in [3.8, 4) is 0 Å². The largest absolute Gasteiger partial charge is 0.481 e. The van der Waals surface area contributed by atoms with Gasteiger partial charge < -0.3 is 42.0 Å². The Hall–Kier alpha value is -3.97. The summed E-state index contributed by atoms with van der Waals surface area (Å²) in [5.41, 5.74) is 6.96. The number of fused-ring (bicyclic) bond motifs is 1. The lowest BCUT2D eigenvalue weighted by atomic mass is 10.00. The highest BCUT2D eigenvalue weighted by Gasteiger charge is 2.32. The zero-order valence-corrected chi connectivity index (χ0v) is 20.6. The van der Waals surface area contributed by atoms with Crippen molar-refractivity contribution in [2.45, 2.75) is 57.3 Å². The number of aliphatic hydroxyl groups is 1. The van der Waals surface area contributed by atoms with E-state index in [1.807, 2.05) is 24.3 Å². The van der Waals surface area contributed by atoms with Gasteiger partial charge in [0.25, 0.3) is 0 Å². The molecule has 0 fully saturated rings. The number of aliphatic carboxylic acids is 2. The Bertz CT molecular complexity index is 1130. The average Bonchev–Trinajstić information content (AvgIpc) is 3.26. The maximum atomic E-state index is 13.1. The standard InChI is InChI=1S/C24H33N5O8/c1-12(2)20(29-22(34)17(7-8-19(31)32)27-21(33)15(25)11-30)23(35)28-18(24(36)37)9-13-10-26-16-6-4-3-5-14(13)16/h3-6,10,12,15,17-18,20,26,30H,7-9,11,25H2,1-2H3,(H,27,33)(H,28,35)(H,29,34)(H,31,32)(H,36,37). The van der Waals surface area contributed by atoms with E-state index in [0.717, 1.165) is 10.9 Å². The van der Waals surface area contributed by atoms with Gasteiger partial charge in [-0.1, -0.05) is 32.0 Å². The number of H-pyrrole nitrogens is 1. The summed E-state index contributed by atoms with van der Waals surface area (Å²) in [4.78, 5) is 64.1. The smallest absolute Gasteiger partial charge is 0.326 e. The fourth-order valence-corrected chi connectivity index (χ4v) is 3.67. The van der Waals surface area contributed by atoms with Crippen molar-refractivity contribution in [3.05, 3.63) is 36.0 Å². The summed E-state index contributed by atoms with van der Waals surface area (Å²) in [6.07, 6.45) is 0.897. The summed E-state index contributed by atoms with van der Waals surface area (Å²) >= 11 is 0. The van der Waals surface area contributed by atoms with Crippen LogP contribution >= 0.6 is 0 Å². The third-order valence-electron chi connectivity index (χ3n) is 5.77. The van der Waals surface area contributed by atoms with Gasteiger partial charge in [-0.05, 0) is 24.0 Å². The maximum absolute atomic E-state index is 13.1. The normalized spacial score (nSPS) is 14.4. The molecule has 2 aromatic rings. The van der Waals surface area contributed by atoms with Crippen LogP contribution in [0.2, 0.25) is 0 Å². The molecular formula is C24H33N5O8. The Morgan fingerprint density at radius 2 is 1.59 bits per heavy atom. The predicted octanol–water partition coefficient (Wildman–Crippen LogP) is -0.910. The number of hydrogen-bond donors (Lipinski definition) is 8. The van der Waals surface area contributed by atoms with E-state index in [-0.39, 0.29) is 12.8 Å². The third kappa shape index (κ3) is 8.29. The first kappa shape index (κ1) is 29.3. The fraction of sp³-hybridized carbons (Fsp3) is 0.458. The van der Waals surface area contributed by atoms with Gasteiger partial charge in [0.05, 0.1) is 6.61 Å². The van der Waals surface area contributed by atoms with Crippen molar-refractivity contribution < 1.29 is 39.3 Å². The number of hydrogen-bond acceptors (Lipinski definition) is 7. The van der Waals surface area contributed by atoms with Crippen LogP contribution < -0.4 is 21.7 Å². The van der Waals surface area contributed by atoms with Gasteiger partial charge in [-0.3, -0.25) is 19.2 Å². The second kappa shape index (κ2) is 13.4. The number of carboxylic acids is 2. The van der Waals surface area contributed by atoms with E-state index in [4.69, 9.17) is 15.9 Å². The Morgan fingerprint density at radius 1 is 0.946 bits per heavy atom. The van der Waals surface area contributed by atoms with Crippen molar-refractivity contribution in [2.75, 3.05) is 6.61 Å². The molecule has 0 aliphatic rings. The summed E-state index contributed by atoms with van der Waals surface area (Å²) < 4.78 is 0. The molecule has 37 heavy (non-hydrogen) atoms. The van der Waals surface area contributed by atoms with E-state index in [1.165, 1.54) is 0 Å². The lowest BCUT2D eigenvalue weighted by Crippen LogP contribution is -2.58. The maximum Gasteiger partial charge on any atom is 0.326 e. The number of carbonyl (C=O) groups excluding carboxylic acids is 3. The van der Waals surface area contributed by atoms with E-state index in [2.05, 4.69) is 20.9 Å². The number of aliphatic hydroxyl groups excluding tert-OH is 1. The van der Waals surface area contributed by atoms with Gasteiger partial charge in [0.15, 0.2) is 0 Å². The highest BCUT2D eigenvalue weighted by atomic mass is 16.4. The molecule has 202 valence electrons. The first-order valence-corrected chi connectivity index (χ1v) is 11.7. The molecule has 0 aliphatic carbocycles. The highest BCUT2D eigenvalue weighted by Crippen LogP contribution is 2.19. The first-order valence-electron chi connectivity index (χ1n) is 11.7. The summed E-state index contributed by atoms with van der Waals surface area (Å²) in [7, 11) is 0. The van der Waals surface area contributed by atoms with Crippen LogP contribution in [0.15, 0.2) is 30.5 Å². The second-order valence-electron chi connectivity index (χ2n) is 8.98. The number of aromatic amines is 1. The van der Waals surface area contributed by atoms with Gasteiger partial charge in [-0.15, -0.1) is 0 Å². The molecule has 1 aromatic heterocycles. The number of nitrogens with two attached hydrogens (primary N) is 1. The minimum atomic E-state index is -1.35. The van der Waals surface area contributed by atoms with Gasteiger partial charge in [0.1, 0.15) is 24.2 Å². The van der Waals surface area contributed by atoms with Crippen LogP contribution in [-0.4, -0.2) is 80.7 Å². The van der Waals surface area contributed by atoms with Crippen LogP contribution in [0.25, 0.3) is 10.9 Å².